The summed E-state index contributed by atoms with van der Waals surface area (Å²) in [6.45, 7) is 5.11. The summed E-state index contributed by atoms with van der Waals surface area (Å²) >= 11 is 12.3. The minimum absolute atomic E-state index is 0.0492. The third-order valence-electron chi connectivity index (χ3n) is 6.76. The molecule has 36 heavy (non-hydrogen) atoms. The molecule has 5 nitrogen and oxygen atoms in total. The summed E-state index contributed by atoms with van der Waals surface area (Å²) in [5.74, 6) is -2.35. The Kier molecular flexibility index (Phi) is 11.2. The summed E-state index contributed by atoms with van der Waals surface area (Å²) in [7, 11) is 0. The van der Waals surface area contributed by atoms with Gasteiger partial charge in [0.2, 0.25) is 0 Å². The molecule has 1 N–H and O–H groups in total. The lowest BCUT2D eigenvalue weighted by Gasteiger charge is -2.29. The van der Waals surface area contributed by atoms with Crippen LogP contribution in [-0.2, 0) is 20.7 Å². The van der Waals surface area contributed by atoms with Crippen LogP contribution in [0.2, 0.25) is 0 Å². The van der Waals surface area contributed by atoms with Crippen molar-refractivity contribution in [2.75, 3.05) is 26.3 Å². The van der Waals surface area contributed by atoms with Gasteiger partial charge in [0.15, 0.2) is 11.6 Å². The van der Waals surface area contributed by atoms with E-state index in [0.717, 1.165) is 50.8 Å². The Morgan fingerprint density at radius 3 is 2.72 bits per heavy atom. The van der Waals surface area contributed by atoms with Crippen molar-refractivity contribution in [3.8, 4) is 0 Å². The SMILES string of the molecule is CCOC(=O)CCc1cc(F)c(F)cc1[C@@H](C)OC[C@H](O)CN1CCC[C@H]1CC1=CC(Cl)=C(Cl)CC1. The zero-order valence-electron chi connectivity index (χ0n) is 20.9. The second kappa shape index (κ2) is 13.9. The number of aliphatic hydroxyl groups excluding tert-OH is 1. The molecule has 1 fully saturated rings. The summed E-state index contributed by atoms with van der Waals surface area (Å²) in [5, 5.41) is 12.0. The fraction of sp³-hybridized carbons (Fsp3) is 0.593. The summed E-state index contributed by atoms with van der Waals surface area (Å²) in [6, 6.07) is 2.53. The first kappa shape index (κ1) is 29.1. The Balaban J connectivity index is 1.55. The highest BCUT2D eigenvalue weighted by atomic mass is 35.5. The van der Waals surface area contributed by atoms with Crippen LogP contribution >= 0.6 is 23.2 Å². The van der Waals surface area contributed by atoms with Gasteiger partial charge in [-0.3, -0.25) is 9.69 Å². The lowest BCUT2D eigenvalue weighted by molar-refractivity contribution is -0.143. The molecule has 0 aromatic heterocycles. The molecule has 3 rings (SSSR count). The first-order valence-corrected chi connectivity index (χ1v) is 13.3. The summed E-state index contributed by atoms with van der Waals surface area (Å²) in [4.78, 5) is 14.0. The lowest BCUT2D eigenvalue weighted by atomic mass is 9.96. The van der Waals surface area contributed by atoms with E-state index in [1.54, 1.807) is 13.8 Å². The quantitative estimate of drug-likeness (QED) is 0.318. The minimum atomic E-state index is -0.978. The summed E-state index contributed by atoms with van der Waals surface area (Å²) in [6.07, 6.45) is 5.56. The van der Waals surface area contributed by atoms with E-state index in [1.165, 1.54) is 5.57 Å². The number of nitrogens with zero attached hydrogens (tertiary/aromatic N) is 1. The van der Waals surface area contributed by atoms with Crippen molar-refractivity contribution < 1.29 is 28.2 Å². The van der Waals surface area contributed by atoms with E-state index < -0.39 is 29.8 Å². The van der Waals surface area contributed by atoms with Crippen molar-refractivity contribution in [3.63, 3.8) is 0 Å². The van der Waals surface area contributed by atoms with Gasteiger partial charge in [0, 0.05) is 24.0 Å². The van der Waals surface area contributed by atoms with Gasteiger partial charge >= 0.3 is 5.97 Å². The van der Waals surface area contributed by atoms with Gasteiger partial charge in [-0.1, -0.05) is 28.8 Å². The van der Waals surface area contributed by atoms with Crippen molar-refractivity contribution in [1.82, 2.24) is 4.90 Å². The molecule has 0 amide bonds. The smallest absolute Gasteiger partial charge is 0.306 e. The van der Waals surface area contributed by atoms with E-state index in [0.29, 0.717) is 33.8 Å². The predicted molar refractivity (Wildman–Crippen MR) is 137 cm³/mol. The van der Waals surface area contributed by atoms with Crippen LogP contribution in [0.3, 0.4) is 0 Å². The van der Waals surface area contributed by atoms with Crippen LogP contribution in [0.5, 0.6) is 0 Å². The standard InChI is InChI=1S/C27H35Cl2F2NO4/c1-3-35-27(34)9-7-19-13-25(30)26(31)14-22(19)17(2)36-16-21(33)15-32-10-4-5-20(32)11-18-6-8-23(28)24(29)12-18/h12-14,17,20-21,33H,3-11,15-16H2,1-2H3/t17-,20+,21-/m1/s1. The maximum atomic E-state index is 14.0. The average molecular weight is 546 g/mol. The molecule has 1 aromatic carbocycles. The van der Waals surface area contributed by atoms with Crippen molar-refractivity contribution in [2.45, 2.75) is 77.0 Å². The fourth-order valence-corrected chi connectivity index (χ4v) is 5.28. The number of halogens is 4. The molecule has 1 aromatic rings. The maximum absolute atomic E-state index is 14.0. The van der Waals surface area contributed by atoms with Gasteiger partial charge < -0.3 is 14.6 Å². The first-order chi connectivity index (χ1) is 17.2. The molecule has 1 heterocycles. The number of aliphatic hydroxyl groups is 1. The van der Waals surface area contributed by atoms with Crippen LogP contribution in [0.4, 0.5) is 8.78 Å². The van der Waals surface area contributed by atoms with Crippen molar-refractivity contribution in [3.05, 3.63) is 56.6 Å². The topological polar surface area (TPSA) is 59.0 Å². The number of hydrogen-bond acceptors (Lipinski definition) is 5. The molecule has 0 saturated carbocycles. The Morgan fingerprint density at radius 1 is 1.25 bits per heavy atom. The van der Waals surface area contributed by atoms with Gasteiger partial charge in [-0.25, -0.2) is 8.78 Å². The molecule has 9 heteroatoms. The fourth-order valence-electron chi connectivity index (χ4n) is 4.89. The second-order valence-electron chi connectivity index (χ2n) is 9.45. The van der Waals surface area contributed by atoms with E-state index >= 15 is 0 Å². The van der Waals surface area contributed by atoms with E-state index in [4.69, 9.17) is 32.7 Å². The molecule has 2 aliphatic rings. The molecule has 0 spiro atoms. The maximum Gasteiger partial charge on any atom is 0.306 e. The van der Waals surface area contributed by atoms with E-state index in [1.807, 2.05) is 6.08 Å². The van der Waals surface area contributed by atoms with Gasteiger partial charge in [-0.15, -0.1) is 0 Å². The summed E-state index contributed by atoms with van der Waals surface area (Å²) in [5.41, 5.74) is 2.21. The van der Waals surface area contributed by atoms with Gasteiger partial charge in [0.05, 0.1) is 30.5 Å². The Hall–Kier alpha value is -1.51. The molecular weight excluding hydrogens is 511 g/mol. The number of likely N-dealkylation sites (tertiary alicyclic amines) is 1. The first-order valence-electron chi connectivity index (χ1n) is 12.6. The van der Waals surface area contributed by atoms with E-state index in [2.05, 4.69) is 4.90 Å². The monoisotopic (exact) mass is 545 g/mol. The number of rotatable bonds is 12. The molecule has 1 saturated heterocycles. The Morgan fingerprint density at radius 2 is 2.00 bits per heavy atom. The van der Waals surface area contributed by atoms with Gasteiger partial charge in [0.1, 0.15) is 0 Å². The van der Waals surface area contributed by atoms with Crippen molar-refractivity contribution >= 4 is 29.2 Å². The van der Waals surface area contributed by atoms with Crippen LogP contribution in [0.15, 0.2) is 33.8 Å². The third-order valence-corrected chi connectivity index (χ3v) is 7.59. The van der Waals surface area contributed by atoms with Crippen LogP contribution in [0.1, 0.15) is 69.6 Å². The Labute approximate surface area is 222 Å². The number of benzene rings is 1. The number of allylic oxidation sites excluding steroid dienone is 3. The van der Waals surface area contributed by atoms with Gasteiger partial charge in [-0.2, -0.15) is 0 Å². The minimum Gasteiger partial charge on any atom is -0.466 e. The van der Waals surface area contributed by atoms with Gasteiger partial charge in [-0.05, 0) is 88.3 Å². The zero-order valence-corrected chi connectivity index (χ0v) is 22.4. The van der Waals surface area contributed by atoms with Gasteiger partial charge in [0.25, 0.3) is 0 Å². The number of carbonyl (C=O) groups is 1. The van der Waals surface area contributed by atoms with Crippen LogP contribution in [0.25, 0.3) is 0 Å². The van der Waals surface area contributed by atoms with Crippen LogP contribution in [-0.4, -0.2) is 54.4 Å². The zero-order chi connectivity index (χ0) is 26.2. The van der Waals surface area contributed by atoms with Crippen LogP contribution in [0, 0.1) is 11.6 Å². The molecule has 1 aliphatic carbocycles. The summed E-state index contributed by atoms with van der Waals surface area (Å²) < 4.78 is 38.7. The highest BCUT2D eigenvalue weighted by Gasteiger charge is 2.28. The highest BCUT2D eigenvalue weighted by Crippen LogP contribution is 2.33. The molecule has 0 bridgehead atoms. The number of carbonyl (C=O) groups excluding carboxylic acids is 1. The third kappa shape index (κ3) is 8.25. The number of ether oxygens (including phenoxy) is 2. The molecule has 200 valence electrons. The average Bonchev–Trinajstić information content (AvgIpc) is 3.26. The highest BCUT2D eigenvalue weighted by molar-refractivity contribution is 6.40. The largest absolute Gasteiger partial charge is 0.466 e. The van der Waals surface area contributed by atoms with Crippen LogP contribution < -0.4 is 0 Å². The van der Waals surface area contributed by atoms with Crippen molar-refractivity contribution in [2.24, 2.45) is 0 Å². The van der Waals surface area contributed by atoms with Crippen molar-refractivity contribution in [1.29, 1.82) is 0 Å². The predicted octanol–water partition coefficient (Wildman–Crippen LogP) is 6.16. The normalized spacial score (nSPS) is 20.4. The molecular formula is C27H35Cl2F2NO4. The number of aryl methyl sites for hydroxylation is 1. The number of hydrogen-bond donors (Lipinski definition) is 1. The molecule has 0 unspecified atom stereocenters. The molecule has 0 radical (unpaired) electrons. The number of β-amino-alcohol motifs (C(OH)–C–C–N with tert-alkyl or cyclic N) is 1. The van der Waals surface area contributed by atoms with E-state index in [-0.39, 0.29) is 26.1 Å². The Bertz CT molecular complexity index is 985. The molecule has 1 aliphatic heterocycles. The second-order valence-corrected chi connectivity index (χ2v) is 10.3. The molecule has 3 atom stereocenters. The lowest BCUT2D eigenvalue weighted by Crippen LogP contribution is -2.38. The number of esters is 1. The van der Waals surface area contributed by atoms with E-state index in [9.17, 15) is 18.7 Å².